The van der Waals surface area contributed by atoms with E-state index in [0.717, 1.165) is 17.2 Å². The Morgan fingerprint density at radius 3 is 2.39 bits per heavy atom. The van der Waals surface area contributed by atoms with Gasteiger partial charge in [-0.1, -0.05) is 45.0 Å². The molecule has 0 saturated carbocycles. The average molecular weight is 260 g/mol. The number of aromatic nitrogens is 1. The third-order valence-corrected chi connectivity index (χ3v) is 3.85. The zero-order valence-electron chi connectivity index (χ0n) is 11.4. The minimum Gasteiger partial charge on any atom is -0.314 e. The van der Waals surface area contributed by atoms with Crippen molar-refractivity contribution < 1.29 is 0 Å². The highest BCUT2D eigenvalue weighted by Gasteiger charge is 2.13. The van der Waals surface area contributed by atoms with Gasteiger partial charge in [0.05, 0.1) is 5.69 Å². The van der Waals surface area contributed by atoms with Gasteiger partial charge < -0.3 is 5.32 Å². The van der Waals surface area contributed by atoms with Gasteiger partial charge in [0.15, 0.2) is 0 Å². The smallest absolute Gasteiger partial charge is 0.123 e. The van der Waals surface area contributed by atoms with Crippen molar-refractivity contribution in [1.82, 2.24) is 10.3 Å². The lowest BCUT2D eigenvalue weighted by molar-refractivity contribution is 0.590. The van der Waals surface area contributed by atoms with Gasteiger partial charge in [0.1, 0.15) is 5.01 Å². The van der Waals surface area contributed by atoms with E-state index >= 15 is 0 Å². The molecule has 0 saturated heterocycles. The van der Waals surface area contributed by atoms with Gasteiger partial charge in [-0.25, -0.2) is 4.98 Å². The summed E-state index contributed by atoms with van der Waals surface area (Å²) in [5.41, 5.74) is 3.88. The van der Waals surface area contributed by atoms with E-state index in [1.54, 1.807) is 11.3 Å². The Bertz CT molecular complexity index is 506. The van der Waals surface area contributed by atoms with Gasteiger partial charge in [0.25, 0.3) is 0 Å². The van der Waals surface area contributed by atoms with Gasteiger partial charge in [-0.3, -0.25) is 0 Å². The van der Waals surface area contributed by atoms with Gasteiger partial charge in [0, 0.05) is 17.5 Å². The van der Waals surface area contributed by atoms with Crippen molar-refractivity contribution in [2.24, 2.45) is 0 Å². The maximum atomic E-state index is 4.62. The normalized spacial score (nSPS) is 11.8. The van der Waals surface area contributed by atoms with Gasteiger partial charge >= 0.3 is 0 Å². The van der Waals surface area contributed by atoms with Gasteiger partial charge in [0.2, 0.25) is 0 Å². The molecule has 0 bridgehead atoms. The molecule has 2 aromatic rings. The molecule has 1 N–H and O–H groups in total. The summed E-state index contributed by atoms with van der Waals surface area (Å²) in [6, 6.07) is 8.74. The summed E-state index contributed by atoms with van der Waals surface area (Å²) in [4.78, 5) is 4.62. The molecule has 18 heavy (non-hydrogen) atoms. The van der Waals surface area contributed by atoms with Crippen molar-refractivity contribution in [1.29, 1.82) is 0 Å². The fourth-order valence-corrected chi connectivity index (χ4v) is 2.64. The Morgan fingerprint density at radius 2 is 1.83 bits per heavy atom. The lowest BCUT2D eigenvalue weighted by Gasteiger charge is -2.18. The fraction of sp³-hybridized carbons (Fsp3) is 0.400. The van der Waals surface area contributed by atoms with E-state index in [2.05, 4.69) is 60.7 Å². The summed E-state index contributed by atoms with van der Waals surface area (Å²) in [5, 5.41) is 6.33. The van der Waals surface area contributed by atoms with Crippen molar-refractivity contribution >= 4 is 11.3 Å². The third-order valence-electron chi connectivity index (χ3n) is 2.91. The van der Waals surface area contributed by atoms with E-state index in [9.17, 15) is 0 Å². The average Bonchev–Trinajstić information content (AvgIpc) is 2.77. The molecule has 1 aromatic carbocycles. The van der Waals surface area contributed by atoms with Crippen LogP contribution >= 0.6 is 11.3 Å². The van der Waals surface area contributed by atoms with Crippen LogP contribution in [0.3, 0.4) is 0 Å². The van der Waals surface area contributed by atoms with Crippen LogP contribution in [0.15, 0.2) is 29.6 Å². The van der Waals surface area contributed by atoms with Crippen LogP contribution < -0.4 is 5.32 Å². The summed E-state index contributed by atoms with van der Waals surface area (Å²) >= 11 is 1.70. The lowest BCUT2D eigenvalue weighted by Crippen LogP contribution is -2.10. The van der Waals surface area contributed by atoms with E-state index in [1.165, 1.54) is 11.1 Å². The van der Waals surface area contributed by atoms with Crippen molar-refractivity contribution in [3.8, 4) is 10.6 Å². The van der Waals surface area contributed by atoms with Crippen molar-refractivity contribution in [3.05, 3.63) is 40.9 Å². The molecule has 96 valence electrons. The fourth-order valence-electron chi connectivity index (χ4n) is 1.81. The molecule has 0 spiro atoms. The van der Waals surface area contributed by atoms with E-state index < -0.39 is 0 Å². The molecule has 0 aliphatic carbocycles. The molecule has 0 amide bonds. The molecule has 2 rings (SSSR count). The quantitative estimate of drug-likeness (QED) is 0.907. The van der Waals surface area contributed by atoms with Gasteiger partial charge in [-0.05, 0) is 18.0 Å². The standard InChI is InChI=1S/C15H20N2S/c1-15(2,3)12-7-5-11(6-8-12)14-17-13(9-16-4)10-18-14/h5-8,10,16H,9H2,1-4H3. The van der Waals surface area contributed by atoms with Crippen LogP contribution in [0.4, 0.5) is 0 Å². The second-order valence-corrected chi connectivity index (χ2v) is 6.36. The Labute approximate surface area is 113 Å². The first-order valence-corrected chi connectivity index (χ1v) is 7.08. The summed E-state index contributed by atoms with van der Waals surface area (Å²) in [6.07, 6.45) is 0. The van der Waals surface area contributed by atoms with Crippen LogP contribution in [0.25, 0.3) is 10.6 Å². The molecule has 0 atom stereocenters. The number of benzene rings is 1. The van der Waals surface area contributed by atoms with E-state index in [0.29, 0.717) is 0 Å². The van der Waals surface area contributed by atoms with Gasteiger partial charge in [-0.15, -0.1) is 11.3 Å². The zero-order chi connectivity index (χ0) is 13.2. The summed E-state index contributed by atoms with van der Waals surface area (Å²) in [5.74, 6) is 0. The van der Waals surface area contributed by atoms with Crippen LogP contribution in [0.2, 0.25) is 0 Å². The molecule has 0 radical (unpaired) electrons. The summed E-state index contributed by atoms with van der Waals surface area (Å²) < 4.78 is 0. The Morgan fingerprint density at radius 1 is 1.17 bits per heavy atom. The lowest BCUT2D eigenvalue weighted by atomic mass is 9.87. The number of nitrogens with one attached hydrogen (secondary N) is 1. The molecule has 0 aliphatic heterocycles. The van der Waals surface area contributed by atoms with Crippen molar-refractivity contribution in [3.63, 3.8) is 0 Å². The van der Waals surface area contributed by atoms with Crippen molar-refractivity contribution in [2.45, 2.75) is 32.7 Å². The predicted octanol–water partition coefficient (Wildman–Crippen LogP) is 3.83. The predicted molar refractivity (Wildman–Crippen MR) is 79.0 cm³/mol. The second-order valence-electron chi connectivity index (χ2n) is 5.50. The Kier molecular flexibility index (Phi) is 3.83. The Balaban J connectivity index is 2.23. The zero-order valence-corrected chi connectivity index (χ0v) is 12.3. The molecule has 0 fully saturated rings. The van der Waals surface area contributed by atoms with E-state index in [1.807, 2.05) is 7.05 Å². The highest BCUT2D eigenvalue weighted by atomic mass is 32.1. The Hall–Kier alpha value is -1.19. The van der Waals surface area contributed by atoms with Crippen LogP contribution in [0.5, 0.6) is 0 Å². The summed E-state index contributed by atoms with van der Waals surface area (Å²) in [7, 11) is 1.94. The number of hydrogen-bond donors (Lipinski definition) is 1. The first-order valence-electron chi connectivity index (χ1n) is 6.20. The molecular formula is C15H20N2S. The van der Waals surface area contributed by atoms with Crippen LogP contribution in [0.1, 0.15) is 32.0 Å². The topological polar surface area (TPSA) is 24.9 Å². The molecule has 1 aromatic heterocycles. The first kappa shape index (κ1) is 13.2. The van der Waals surface area contributed by atoms with E-state index in [-0.39, 0.29) is 5.41 Å². The minimum absolute atomic E-state index is 0.207. The number of hydrogen-bond acceptors (Lipinski definition) is 3. The molecular weight excluding hydrogens is 240 g/mol. The largest absolute Gasteiger partial charge is 0.314 e. The van der Waals surface area contributed by atoms with Crippen LogP contribution in [-0.4, -0.2) is 12.0 Å². The number of rotatable bonds is 3. The number of nitrogens with zero attached hydrogens (tertiary/aromatic N) is 1. The highest BCUT2D eigenvalue weighted by molar-refractivity contribution is 7.13. The molecule has 1 heterocycles. The first-order chi connectivity index (χ1) is 8.50. The summed E-state index contributed by atoms with van der Waals surface area (Å²) in [6.45, 7) is 7.53. The van der Waals surface area contributed by atoms with Gasteiger partial charge in [-0.2, -0.15) is 0 Å². The van der Waals surface area contributed by atoms with Crippen LogP contribution in [-0.2, 0) is 12.0 Å². The maximum absolute atomic E-state index is 4.62. The van der Waals surface area contributed by atoms with Crippen LogP contribution in [0, 0.1) is 0 Å². The third kappa shape index (κ3) is 2.98. The molecule has 0 aliphatic rings. The SMILES string of the molecule is CNCc1csc(-c2ccc(C(C)(C)C)cc2)n1. The molecule has 3 heteroatoms. The highest BCUT2D eigenvalue weighted by Crippen LogP contribution is 2.27. The van der Waals surface area contributed by atoms with Crippen molar-refractivity contribution in [2.75, 3.05) is 7.05 Å². The van der Waals surface area contributed by atoms with E-state index in [4.69, 9.17) is 0 Å². The number of thiazole rings is 1. The molecule has 2 nitrogen and oxygen atoms in total. The minimum atomic E-state index is 0.207. The monoisotopic (exact) mass is 260 g/mol. The maximum Gasteiger partial charge on any atom is 0.123 e. The molecule has 0 unspecified atom stereocenters. The second kappa shape index (κ2) is 5.21.